The van der Waals surface area contributed by atoms with E-state index in [9.17, 15) is 4.79 Å². The summed E-state index contributed by atoms with van der Waals surface area (Å²) in [6.45, 7) is 5.82. The molecule has 0 N–H and O–H groups in total. The van der Waals surface area contributed by atoms with Crippen LogP contribution in [-0.4, -0.2) is 16.9 Å². The predicted molar refractivity (Wildman–Crippen MR) is 69.8 cm³/mol. The minimum atomic E-state index is -0.352. The van der Waals surface area contributed by atoms with Crippen LogP contribution in [0.5, 0.6) is 0 Å². The summed E-state index contributed by atoms with van der Waals surface area (Å²) in [6, 6.07) is 0. The zero-order chi connectivity index (χ0) is 12.2. The van der Waals surface area contributed by atoms with Gasteiger partial charge in [0, 0.05) is 5.33 Å². The number of carbonyl (C=O) groups is 1. The molecule has 2 nitrogen and oxygen atoms in total. The fraction of sp³-hybridized carbons (Fsp3) is 0.923. The van der Waals surface area contributed by atoms with E-state index in [4.69, 9.17) is 4.74 Å². The van der Waals surface area contributed by atoms with E-state index in [1.165, 1.54) is 6.42 Å². The van der Waals surface area contributed by atoms with Gasteiger partial charge >= 0.3 is 5.97 Å². The van der Waals surface area contributed by atoms with Crippen molar-refractivity contribution >= 4 is 21.9 Å². The van der Waals surface area contributed by atoms with Gasteiger partial charge in [-0.05, 0) is 46.5 Å². The highest BCUT2D eigenvalue weighted by Crippen LogP contribution is 2.46. The maximum absolute atomic E-state index is 12.1. The Hall–Kier alpha value is -0.0500. The smallest absolute Gasteiger partial charge is 0.312 e. The molecule has 0 amide bonds. The highest BCUT2D eigenvalue weighted by Gasteiger charge is 2.45. The molecule has 0 atom stereocenters. The van der Waals surface area contributed by atoms with E-state index in [0.29, 0.717) is 0 Å². The SMILES string of the molecule is CC(C)(C)OC(=O)C1(CCCCBr)CCC1. The summed E-state index contributed by atoms with van der Waals surface area (Å²) in [5.74, 6) is 0.0285. The predicted octanol–water partition coefficient (Wildman–Crippen LogP) is 4.06. The number of unbranched alkanes of at least 4 members (excludes halogenated alkanes) is 1. The van der Waals surface area contributed by atoms with Crippen LogP contribution in [0.2, 0.25) is 0 Å². The van der Waals surface area contributed by atoms with Gasteiger partial charge in [-0.3, -0.25) is 4.79 Å². The zero-order valence-corrected chi connectivity index (χ0v) is 12.2. The standard InChI is InChI=1S/C13H23BrO2/c1-12(2,3)16-11(15)13(8-6-9-13)7-4-5-10-14/h4-10H2,1-3H3. The molecule has 1 saturated carbocycles. The fourth-order valence-electron chi connectivity index (χ4n) is 2.10. The molecular formula is C13H23BrO2. The molecule has 0 radical (unpaired) electrons. The molecule has 0 aromatic rings. The van der Waals surface area contributed by atoms with E-state index in [0.717, 1.165) is 37.4 Å². The second-order valence-corrected chi connectivity index (χ2v) is 6.57. The monoisotopic (exact) mass is 290 g/mol. The van der Waals surface area contributed by atoms with Crippen LogP contribution in [0.3, 0.4) is 0 Å². The lowest BCUT2D eigenvalue weighted by Crippen LogP contribution is -2.42. The molecule has 0 aromatic carbocycles. The first kappa shape index (κ1) is 14.0. The highest BCUT2D eigenvalue weighted by atomic mass is 79.9. The fourth-order valence-corrected chi connectivity index (χ4v) is 2.50. The van der Waals surface area contributed by atoms with Gasteiger partial charge in [0.1, 0.15) is 5.60 Å². The second-order valence-electron chi connectivity index (χ2n) is 5.78. The molecule has 1 fully saturated rings. The maximum Gasteiger partial charge on any atom is 0.312 e. The van der Waals surface area contributed by atoms with E-state index in [2.05, 4.69) is 15.9 Å². The number of carbonyl (C=O) groups excluding carboxylic acids is 1. The van der Waals surface area contributed by atoms with Crippen LogP contribution < -0.4 is 0 Å². The van der Waals surface area contributed by atoms with Gasteiger partial charge in [0.15, 0.2) is 0 Å². The van der Waals surface area contributed by atoms with Gasteiger partial charge in [0.05, 0.1) is 5.41 Å². The summed E-state index contributed by atoms with van der Waals surface area (Å²) >= 11 is 3.43. The van der Waals surface area contributed by atoms with E-state index in [1.54, 1.807) is 0 Å². The van der Waals surface area contributed by atoms with Gasteiger partial charge in [-0.25, -0.2) is 0 Å². The largest absolute Gasteiger partial charge is 0.460 e. The number of hydrogen-bond donors (Lipinski definition) is 0. The summed E-state index contributed by atoms with van der Waals surface area (Å²) in [7, 11) is 0. The van der Waals surface area contributed by atoms with Crippen molar-refractivity contribution in [2.24, 2.45) is 5.41 Å². The Labute approximate surface area is 107 Å². The summed E-state index contributed by atoms with van der Waals surface area (Å²) < 4.78 is 5.53. The molecule has 1 aliphatic rings. The van der Waals surface area contributed by atoms with Gasteiger partial charge in [0.2, 0.25) is 0 Å². The first-order valence-electron chi connectivity index (χ1n) is 6.19. The van der Waals surface area contributed by atoms with Crippen molar-refractivity contribution in [2.75, 3.05) is 5.33 Å². The van der Waals surface area contributed by atoms with E-state index in [1.807, 2.05) is 20.8 Å². The number of esters is 1. The van der Waals surface area contributed by atoms with Crippen molar-refractivity contribution < 1.29 is 9.53 Å². The van der Waals surface area contributed by atoms with Crippen LogP contribution in [0.1, 0.15) is 59.3 Å². The normalized spacial score (nSPS) is 19.0. The summed E-state index contributed by atoms with van der Waals surface area (Å²) in [4.78, 5) is 12.1. The Morgan fingerprint density at radius 1 is 1.31 bits per heavy atom. The minimum absolute atomic E-state index is 0.0285. The molecule has 0 bridgehead atoms. The minimum Gasteiger partial charge on any atom is -0.460 e. The lowest BCUT2D eigenvalue weighted by atomic mass is 9.66. The van der Waals surface area contributed by atoms with Crippen LogP contribution in [0.4, 0.5) is 0 Å². The van der Waals surface area contributed by atoms with Crippen LogP contribution in [0, 0.1) is 5.41 Å². The Balaban J connectivity index is 2.48. The van der Waals surface area contributed by atoms with Crippen molar-refractivity contribution in [3.63, 3.8) is 0 Å². The third-order valence-corrected chi connectivity index (χ3v) is 3.74. The lowest BCUT2D eigenvalue weighted by molar-refractivity contribution is -0.174. The van der Waals surface area contributed by atoms with Gasteiger partial charge in [0.25, 0.3) is 0 Å². The van der Waals surface area contributed by atoms with E-state index >= 15 is 0 Å². The second kappa shape index (κ2) is 5.52. The molecular weight excluding hydrogens is 268 g/mol. The lowest BCUT2D eigenvalue weighted by Gasteiger charge is -2.41. The Morgan fingerprint density at radius 3 is 2.31 bits per heavy atom. The Bertz CT molecular complexity index is 239. The number of rotatable bonds is 5. The molecule has 16 heavy (non-hydrogen) atoms. The highest BCUT2D eigenvalue weighted by molar-refractivity contribution is 9.09. The quantitative estimate of drug-likeness (QED) is 0.434. The van der Waals surface area contributed by atoms with Gasteiger partial charge < -0.3 is 4.74 Å². The average Bonchev–Trinajstić information content (AvgIpc) is 2.06. The Morgan fingerprint density at radius 2 is 1.94 bits per heavy atom. The number of alkyl halides is 1. The summed E-state index contributed by atoms with van der Waals surface area (Å²) in [6.07, 6.45) is 6.46. The number of hydrogen-bond acceptors (Lipinski definition) is 2. The molecule has 1 rings (SSSR count). The van der Waals surface area contributed by atoms with Crippen molar-refractivity contribution in [1.29, 1.82) is 0 Å². The molecule has 0 unspecified atom stereocenters. The van der Waals surface area contributed by atoms with Crippen LogP contribution in [0.15, 0.2) is 0 Å². The first-order valence-corrected chi connectivity index (χ1v) is 7.31. The molecule has 0 saturated heterocycles. The van der Waals surface area contributed by atoms with E-state index in [-0.39, 0.29) is 17.0 Å². The van der Waals surface area contributed by atoms with Gasteiger partial charge in [-0.2, -0.15) is 0 Å². The molecule has 1 aliphatic carbocycles. The Kier molecular flexibility index (Phi) is 4.84. The summed E-state index contributed by atoms with van der Waals surface area (Å²) in [5, 5.41) is 1.03. The van der Waals surface area contributed by atoms with Gasteiger partial charge in [-0.15, -0.1) is 0 Å². The van der Waals surface area contributed by atoms with Crippen molar-refractivity contribution in [3.05, 3.63) is 0 Å². The molecule has 0 aliphatic heterocycles. The third-order valence-electron chi connectivity index (χ3n) is 3.18. The first-order chi connectivity index (χ1) is 7.40. The third kappa shape index (κ3) is 3.76. The van der Waals surface area contributed by atoms with Crippen molar-refractivity contribution in [2.45, 2.75) is 64.9 Å². The molecule has 0 heterocycles. The summed E-state index contributed by atoms with van der Waals surface area (Å²) in [5.41, 5.74) is -0.495. The van der Waals surface area contributed by atoms with Crippen molar-refractivity contribution in [1.82, 2.24) is 0 Å². The van der Waals surface area contributed by atoms with E-state index < -0.39 is 0 Å². The van der Waals surface area contributed by atoms with Gasteiger partial charge in [-0.1, -0.05) is 28.8 Å². The average molecular weight is 291 g/mol. The van der Waals surface area contributed by atoms with Crippen LogP contribution >= 0.6 is 15.9 Å². The topological polar surface area (TPSA) is 26.3 Å². The van der Waals surface area contributed by atoms with Crippen LogP contribution in [-0.2, 0) is 9.53 Å². The molecule has 94 valence electrons. The molecule has 3 heteroatoms. The number of halogens is 1. The number of ether oxygens (including phenoxy) is 1. The van der Waals surface area contributed by atoms with Crippen molar-refractivity contribution in [3.8, 4) is 0 Å². The van der Waals surface area contributed by atoms with Crippen LogP contribution in [0.25, 0.3) is 0 Å². The molecule has 0 aromatic heterocycles. The zero-order valence-electron chi connectivity index (χ0n) is 10.6. The maximum atomic E-state index is 12.1. The molecule has 0 spiro atoms.